The molecule has 110 valence electrons. The zero-order chi connectivity index (χ0) is 14.7. The highest BCUT2D eigenvalue weighted by Crippen LogP contribution is 2.45. The third-order valence-electron chi connectivity index (χ3n) is 4.61. The zero-order valence-electron chi connectivity index (χ0n) is 12.8. The number of rotatable bonds is 0. The molecule has 21 heavy (non-hydrogen) atoms. The lowest BCUT2D eigenvalue weighted by Gasteiger charge is -2.35. The summed E-state index contributed by atoms with van der Waals surface area (Å²) in [4.78, 5) is 1.32. The second-order valence-corrected chi connectivity index (χ2v) is 7.00. The van der Waals surface area contributed by atoms with E-state index in [1.165, 1.54) is 26.9 Å². The first kappa shape index (κ1) is 13.4. The normalized spacial score (nSPS) is 26.7. The molecule has 2 aliphatic heterocycles. The average Bonchev–Trinajstić information content (AvgIpc) is 2.69. The van der Waals surface area contributed by atoms with Gasteiger partial charge in [0.15, 0.2) is 0 Å². The SMILES string of the molecule is Cc1ccc2c3c(ccc2c1)SC1N(N3)C(C)N(C)N1C. The number of nitrogens with zero attached hydrogens (tertiary/aromatic N) is 3. The number of hydrogen-bond acceptors (Lipinski definition) is 5. The van der Waals surface area contributed by atoms with Crippen molar-refractivity contribution >= 4 is 28.2 Å². The number of hydrazine groups is 2. The quantitative estimate of drug-likeness (QED) is 0.803. The Morgan fingerprint density at radius 1 is 1.10 bits per heavy atom. The molecule has 2 heterocycles. The Balaban J connectivity index is 1.84. The first-order chi connectivity index (χ1) is 10.1. The molecule has 1 fully saturated rings. The molecule has 2 aromatic carbocycles. The van der Waals surface area contributed by atoms with Gasteiger partial charge in [0.2, 0.25) is 0 Å². The van der Waals surface area contributed by atoms with E-state index < -0.39 is 0 Å². The summed E-state index contributed by atoms with van der Waals surface area (Å²) in [6.07, 6.45) is 0.335. The fourth-order valence-electron chi connectivity index (χ4n) is 3.13. The van der Waals surface area contributed by atoms with E-state index in [4.69, 9.17) is 0 Å². The van der Waals surface area contributed by atoms with E-state index in [0.29, 0.717) is 11.7 Å². The maximum absolute atomic E-state index is 3.66. The number of hydrogen-bond donors (Lipinski definition) is 1. The minimum atomic E-state index is 0.306. The third-order valence-corrected chi connectivity index (χ3v) is 5.95. The fraction of sp³-hybridized carbons (Fsp3) is 0.375. The van der Waals surface area contributed by atoms with Crippen LogP contribution in [-0.4, -0.2) is 40.8 Å². The standard InChI is InChI=1S/C16H20N4S/c1-10-5-7-13-12(9-10)6-8-14-15(13)17-20-11(2)18(3)19(4)16(20)21-14/h5-9,11,16-17H,1-4H3. The molecule has 0 spiro atoms. The summed E-state index contributed by atoms with van der Waals surface area (Å²) in [6.45, 7) is 4.37. The molecule has 2 unspecified atom stereocenters. The maximum atomic E-state index is 3.66. The lowest BCUT2D eigenvalue weighted by molar-refractivity contribution is 0.0498. The van der Waals surface area contributed by atoms with Gasteiger partial charge < -0.3 is 5.43 Å². The molecule has 0 amide bonds. The highest BCUT2D eigenvalue weighted by Gasteiger charge is 2.43. The van der Waals surface area contributed by atoms with Crippen molar-refractivity contribution in [3.8, 4) is 0 Å². The van der Waals surface area contributed by atoms with Crippen molar-refractivity contribution in [1.82, 2.24) is 15.0 Å². The van der Waals surface area contributed by atoms with Crippen LogP contribution < -0.4 is 5.43 Å². The van der Waals surface area contributed by atoms with Crippen molar-refractivity contribution in [3.05, 3.63) is 35.9 Å². The Bertz CT molecular complexity index is 717. The molecule has 0 bridgehead atoms. The summed E-state index contributed by atoms with van der Waals surface area (Å²) in [5.74, 6) is 0. The van der Waals surface area contributed by atoms with Crippen LogP contribution in [0, 0.1) is 6.92 Å². The van der Waals surface area contributed by atoms with Crippen LogP contribution in [0.2, 0.25) is 0 Å². The van der Waals surface area contributed by atoms with Crippen molar-refractivity contribution in [3.63, 3.8) is 0 Å². The van der Waals surface area contributed by atoms with Gasteiger partial charge in [0.1, 0.15) is 5.50 Å². The van der Waals surface area contributed by atoms with E-state index in [2.05, 4.69) is 78.7 Å². The fourth-order valence-corrected chi connectivity index (χ4v) is 4.42. The first-order valence-corrected chi connectivity index (χ1v) is 8.15. The summed E-state index contributed by atoms with van der Waals surface area (Å²) in [5, 5.41) is 9.47. The Morgan fingerprint density at radius 2 is 1.90 bits per heavy atom. The number of thioether (sulfide) groups is 1. The van der Waals surface area contributed by atoms with Crippen LogP contribution in [-0.2, 0) is 0 Å². The topological polar surface area (TPSA) is 21.8 Å². The summed E-state index contributed by atoms with van der Waals surface area (Å²) in [7, 11) is 4.28. The number of aryl methyl sites for hydroxylation is 1. The molecule has 0 aromatic heterocycles. The molecule has 1 saturated heterocycles. The predicted molar refractivity (Wildman–Crippen MR) is 88.8 cm³/mol. The minimum absolute atomic E-state index is 0.306. The summed E-state index contributed by atoms with van der Waals surface area (Å²) in [6, 6.07) is 11.1. The van der Waals surface area contributed by atoms with Gasteiger partial charge in [-0.25, -0.2) is 10.0 Å². The molecule has 2 aliphatic rings. The highest BCUT2D eigenvalue weighted by molar-refractivity contribution is 8.00. The molecular formula is C16H20N4S. The van der Waals surface area contributed by atoms with Gasteiger partial charge in [0.25, 0.3) is 0 Å². The van der Waals surface area contributed by atoms with E-state index in [9.17, 15) is 0 Å². The summed E-state index contributed by atoms with van der Waals surface area (Å²) < 4.78 is 0. The van der Waals surface area contributed by atoms with Crippen molar-refractivity contribution in [2.45, 2.75) is 30.4 Å². The van der Waals surface area contributed by atoms with Gasteiger partial charge in [-0.1, -0.05) is 41.6 Å². The van der Waals surface area contributed by atoms with Gasteiger partial charge in [0.05, 0.1) is 11.9 Å². The molecule has 5 heteroatoms. The van der Waals surface area contributed by atoms with E-state index in [-0.39, 0.29) is 0 Å². The molecule has 0 aliphatic carbocycles. The van der Waals surface area contributed by atoms with Gasteiger partial charge in [-0.2, -0.15) is 5.01 Å². The molecule has 2 atom stereocenters. The second kappa shape index (κ2) is 4.61. The Labute approximate surface area is 129 Å². The summed E-state index contributed by atoms with van der Waals surface area (Å²) >= 11 is 1.91. The van der Waals surface area contributed by atoms with Crippen LogP contribution in [0.4, 0.5) is 5.69 Å². The molecule has 1 N–H and O–H groups in total. The number of fused-ring (bicyclic) bond motifs is 4. The smallest absolute Gasteiger partial charge is 0.146 e. The second-order valence-electron chi connectivity index (χ2n) is 5.91. The molecule has 4 nitrogen and oxygen atoms in total. The van der Waals surface area contributed by atoms with Gasteiger partial charge in [-0.15, -0.1) is 0 Å². The largest absolute Gasteiger partial charge is 0.313 e. The van der Waals surface area contributed by atoms with Crippen LogP contribution >= 0.6 is 11.8 Å². The number of benzene rings is 2. The molecule has 2 aromatic rings. The van der Waals surface area contributed by atoms with Crippen molar-refractivity contribution in [1.29, 1.82) is 0 Å². The van der Waals surface area contributed by atoms with E-state index >= 15 is 0 Å². The summed E-state index contributed by atoms with van der Waals surface area (Å²) in [5.41, 5.74) is 6.51. The van der Waals surface area contributed by atoms with Crippen LogP contribution in [0.1, 0.15) is 12.5 Å². The Morgan fingerprint density at radius 3 is 2.71 bits per heavy atom. The average molecular weight is 300 g/mol. The minimum Gasteiger partial charge on any atom is -0.313 e. The van der Waals surface area contributed by atoms with E-state index in [1.54, 1.807) is 0 Å². The Kier molecular flexibility index (Phi) is 2.94. The molecule has 4 rings (SSSR count). The highest BCUT2D eigenvalue weighted by atomic mass is 32.2. The molecular weight excluding hydrogens is 280 g/mol. The van der Waals surface area contributed by atoms with Crippen LogP contribution in [0.5, 0.6) is 0 Å². The number of nitrogens with one attached hydrogen (secondary N) is 1. The van der Waals surface area contributed by atoms with Gasteiger partial charge >= 0.3 is 0 Å². The van der Waals surface area contributed by atoms with Crippen LogP contribution in [0.15, 0.2) is 35.2 Å². The lowest BCUT2D eigenvalue weighted by Crippen LogP contribution is -2.43. The van der Waals surface area contributed by atoms with E-state index in [0.717, 1.165) is 0 Å². The Hall–Kier alpha value is -1.27. The monoisotopic (exact) mass is 300 g/mol. The maximum Gasteiger partial charge on any atom is 0.146 e. The van der Waals surface area contributed by atoms with Crippen molar-refractivity contribution in [2.75, 3.05) is 19.5 Å². The van der Waals surface area contributed by atoms with Gasteiger partial charge in [0, 0.05) is 24.4 Å². The zero-order valence-corrected chi connectivity index (χ0v) is 13.6. The van der Waals surface area contributed by atoms with Crippen molar-refractivity contribution < 1.29 is 0 Å². The predicted octanol–water partition coefficient (Wildman–Crippen LogP) is 3.30. The first-order valence-electron chi connectivity index (χ1n) is 7.27. The van der Waals surface area contributed by atoms with Crippen molar-refractivity contribution in [2.24, 2.45) is 0 Å². The lowest BCUT2D eigenvalue weighted by atomic mass is 10.1. The molecule has 0 radical (unpaired) electrons. The van der Waals surface area contributed by atoms with Crippen LogP contribution in [0.25, 0.3) is 10.8 Å². The number of anilines is 1. The van der Waals surface area contributed by atoms with Gasteiger partial charge in [-0.05, 0) is 25.3 Å². The van der Waals surface area contributed by atoms with E-state index in [1.807, 2.05) is 11.8 Å². The van der Waals surface area contributed by atoms with Gasteiger partial charge in [-0.3, -0.25) is 0 Å². The molecule has 0 saturated carbocycles. The van der Waals surface area contributed by atoms with Crippen LogP contribution in [0.3, 0.4) is 0 Å². The third kappa shape index (κ3) is 1.89.